The molecule has 0 saturated heterocycles. The number of carbonyl (C=O) groups is 1. The molecule has 0 bridgehead atoms. The van der Waals surface area contributed by atoms with Gasteiger partial charge in [0.15, 0.2) is 0 Å². The topological polar surface area (TPSA) is 26.3 Å². The van der Waals surface area contributed by atoms with Crippen LogP contribution in [-0.2, 0) is 16.1 Å². The molecule has 2 heteroatoms. The Bertz CT molecular complexity index is 478. The van der Waals surface area contributed by atoms with Gasteiger partial charge in [0.2, 0.25) is 0 Å². The fraction of sp³-hybridized carbons (Fsp3) is 0.591. The molecule has 24 heavy (non-hydrogen) atoms. The summed E-state index contributed by atoms with van der Waals surface area (Å²) in [6, 6.07) is 10.3. The van der Waals surface area contributed by atoms with E-state index in [0.29, 0.717) is 30.8 Å². The second kappa shape index (κ2) is 12.0. The van der Waals surface area contributed by atoms with Gasteiger partial charge in [-0.15, -0.1) is 0 Å². The van der Waals surface area contributed by atoms with Gasteiger partial charge in [0.05, 0.1) is 6.61 Å². The van der Waals surface area contributed by atoms with Crippen LogP contribution in [0.4, 0.5) is 0 Å². The molecule has 3 atom stereocenters. The van der Waals surface area contributed by atoms with Gasteiger partial charge in [0.25, 0.3) is 0 Å². The number of ether oxygens (including phenoxy) is 1. The summed E-state index contributed by atoms with van der Waals surface area (Å²) in [5, 5.41) is 0. The van der Waals surface area contributed by atoms with E-state index < -0.39 is 0 Å². The van der Waals surface area contributed by atoms with Gasteiger partial charge in [-0.3, -0.25) is 0 Å². The monoisotopic (exact) mass is 330 g/mol. The first kappa shape index (κ1) is 20.6. The van der Waals surface area contributed by atoms with Crippen LogP contribution in [0.1, 0.15) is 58.9 Å². The molecule has 0 fully saturated rings. The molecule has 0 aliphatic heterocycles. The molecular weight excluding hydrogens is 296 g/mol. The van der Waals surface area contributed by atoms with Gasteiger partial charge in [-0.25, -0.2) is 0 Å². The van der Waals surface area contributed by atoms with E-state index in [1.807, 2.05) is 6.07 Å². The van der Waals surface area contributed by atoms with Crippen molar-refractivity contribution in [3.8, 4) is 0 Å². The summed E-state index contributed by atoms with van der Waals surface area (Å²) in [4.78, 5) is 10.4. The Morgan fingerprint density at radius 3 is 2.50 bits per heavy atom. The van der Waals surface area contributed by atoms with Crippen molar-refractivity contribution in [1.29, 1.82) is 0 Å². The van der Waals surface area contributed by atoms with Gasteiger partial charge in [0.1, 0.15) is 6.29 Å². The summed E-state index contributed by atoms with van der Waals surface area (Å²) < 4.78 is 5.85. The molecule has 0 N–H and O–H groups in total. The lowest BCUT2D eigenvalue weighted by molar-refractivity contribution is -0.108. The zero-order chi connectivity index (χ0) is 17.8. The van der Waals surface area contributed by atoms with E-state index in [-0.39, 0.29) is 0 Å². The molecule has 2 nitrogen and oxygen atoms in total. The molecule has 0 saturated carbocycles. The van der Waals surface area contributed by atoms with Crippen LogP contribution in [0.2, 0.25) is 0 Å². The van der Waals surface area contributed by atoms with Crippen molar-refractivity contribution in [3.63, 3.8) is 0 Å². The van der Waals surface area contributed by atoms with Crippen LogP contribution >= 0.6 is 0 Å². The second-order valence-electron chi connectivity index (χ2n) is 7.39. The van der Waals surface area contributed by atoms with Gasteiger partial charge in [-0.1, -0.05) is 62.8 Å². The lowest BCUT2D eigenvalue weighted by Gasteiger charge is -2.18. The predicted molar refractivity (Wildman–Crippen MR) is 102 cm³/mol. The molecule has 1 rings (SSSR count). The van der Waals surface area contributed by atoms with Crippen LogP contribution in [0.25, 0.3) is 0 Å². The molecule has 1 aromatic rings. The highest BCUT2D eigenvalue weighted by Gasteiger charge is 2.10. The number of hydrogen-bond donors (Lipinski definition) is 0. The van der Waals surface area contributed by atoms with Crippen LogP contribution in [0.5, 0.6) is 0 Å². The average Bonchev–Trinajstić information content (AvgIpc) is 2.53. The Morgan fingerprint density at radius 2 is 1.83 bits per heavy atom. The number of aldehydes is 1. The van der Waals surface area contributed by atoms with Crippen molar-refractivity contribution in [2.45, 2.75) is 60.0 Å². The maximum absolute atomic E-state index is 10.4. The standard InChI is InChI=1S/C22H34O2/c1-18(9-8-12-23)13-19(2)14-20(3)15-21(4)16-24-17-22-10-6-5-7-11-22/h5-7,10-13,18,20-21H,8-9,14-17H2,1-4H3/b19-13+/t18-,20+,21-/m0/s1. The van der Waals surface area contributed by atoms with Crippen molar-refractivity contribution in [1.82, 2.24) is 0 Å². The minimum Gasteiger partial charge on any atom is -0.376 e. The fourth-order valence-corrected chi connectivity index (χ4v) is 3.31. The van der Waals surface area contributed by atoms with E-state index in [1.165, 1.54) is 17.6 Å². The first-order valence-corrected chi connectivity index (χ1v) is 9.23. The van der Waals surface area contributed by atoms with Gasteiger partial charge in [-0.2, -0.15) is 0 Å². The quantitative estimate of drug-likeness (QED) is 0.357. The third-order valence-electron chi connectivity index (χ3n) is 4.30. The highest BCUT2D eigenvalue weighted by molar-refractivity contribution is 5.49. The maximum atomic E-state index is 10.4. The van der Waals surface area contributed by atoms with Gasteiger partial charge < -0.3 is 9.53 Å². The molecule has 0 aliphatic carbocycles. The SMILES string of the molecule is C/C(=C\[C@@H](C)CCC=O)C[C@@H](C)C[C@H](C)COCc1ccccc1. The minimum absolute atomic E-state index is 0.494. The van der Waals surface area contributed by atoms with Crippen molar-refractivity contribution in [3.05, 3.63) is 47.5 Å². The zero-order valence-corrected chi connectivity index (χ0v) is 15.8. The molecule has 0 radical (unpaired) electrons. The third-order valence-corrected chi connectivity index (χ3v) is 4.30. The molecule has 134 valence electrons. The summed E-state index contributed by atoms with van der Waals surface area (Å²) in [7, 11) is 0. The second-order valence-corrected chi connectivity index (χ2v) is 7.39. The van der Waals surface area contributed by atoms with Crippen molar-refractivity contribution >= 4 is 6.29 Å². The Morgan fingerprint density at radius 1 is 1.12 bits per heavy atom. The van der Waals surface area contributed by atoms with E-state index in [0.717, 1.165) is 25.7 Å². The lowest BCUT2D eigenvalue weighted by atomic mass is 9.91. The molecule has 0 spiro atoms. The summed E-state index contributed by atoms with van der Waals surface area (Å²) >= 11 is 0. The number of benzene rings is 1. The summed E-state index contributed by atoms with van der Waals surface area (Å²) in [6.45, 7) is 10.5. The maximum Gasteiger partial charge on any atom is 0.120 e. The van der Waals surface area contributed by atoms with E-state index in [1.54, 1.807) is 0 Å². The summed E-state index contributed by atoms with van der Waals surface area (Å²) in [5.41, 5.74) is 2.68. The van der Waals surface area contributed by atoms with Crippen LogP contribution in [0.15, 0.2) is 42.0 Å². The Labute approximate surface area is 148 Å². The molecular formula is C22H34O2. The molecule has 0 heterocycles. The van der Waals surface area contributed by atoms with Gasteiger partial charge in [0, 0.05) is 13.0 Å². The van der Waals surface area contributed by atoms with Crippen molar-refractivity contribution in [2.24, 2.45) is 17.8 Å². The largest absolute Gasteiger partial charge is 0.376 e. The van der Waals surface area contributed by atoms with E-state index in [9.17, 15) is 4.79 Å². The van der Waals surface area contributed by atoms with Crippen LogP contribution < -0.4 is 0 Å². The Kier molecular flexibility index (Phi) is 10.3. The van der Waals surface area contributed by atoms with Gasteiger partial charge in [-0.05, 0) is 49.5 Å². The zero-order valence-electron chi connectivity index (χ0n) is 15.8. The van der Waals surface area contributed by atoms with Crippen LogP contribution in [-0.4, -0.2) is 12.9 Å². The smallest absolute Gasteiger partial charge is 0.120 e. The van der Waals surface area contributed by atoms with E-state index in [4.69, 9.17) is 4.74 Å². The number of carbonyl (C=O) groups excluding carboxylic acids is 1. The van der Waals surface area contributed by atoms with E-state index in [2.05, 4.69) is 58.0 Å². The third kappa shape index (κ3) is 9.67. The fourth-order valence-electron chi connectivity index (χ4n) is 3.31. The molecule has 1 aromatic carbocycles. The minimum atomic E-state index is 0.494. The van der Waals surface area contributed by atoms with E-state index >= 15 is 0 Å². The van der Waals surface area contributed by atoms with Crippen molar-refractivity contribution < 1.29 is 9.53 Å². The molecule has 0 unspecified atom stereocenters. The first-order valence-electron chi connectivity index (χ1n) is 9.23. The van der Waals surface area contributed by atoms with Gasteiger partial charge >= 0.3 is 0 Å². The average molecular weight is 331 g/mol. The summed E-state index contributed by atoms with van der Waals surface area (Å²) in [5.74, 6) is 1.73. The summed E-state index contributed by atoms with van der Waals surface area (Å²) in [6.07, 6.45) is 7.28. The number of allylic oxidation sites excluding steroid dienone is 2. The molecule has 0 amide bonds. The van der Waals surface area contributed by atoms with Crippen LogP contribution in [0, 0.1) is 17.8 Å². The van der Waals surface area contributed by atoms with Crippen molar-refractivity contribution in [2.75, 3.05) is 6.61 Å². The lowest BCUT2D eigenvalue weighted by Crippen LogP contribution is -2.10. The Balaban J connectivity index is 2.24. The molecule has 0 aromatic heterocycles. The number of hydrogen-bond acceptors (Lipinski definition) is 2. The number of rotatable bonds is 12. The Hall–Kier alpha value is -1.41. The molecule has 0 aliphatic rings. The predicted octanol–water partition coefficient (Wildman–Crippen LogP) is 5.82. The highest BCUT2D eigenvalue weighted by atomic mass is 16.5. The highest BCUT2D eigenvalue weighted by Crippen LogP contribution is 2.21. The van der Waals surface area contributed by atoms with Crippen LogP contribution in [0.3, 0.4) is 0 Å². The normalized spacial score (nSPS) is 15.8. The first-order chi connectivity index (χ1) is 11.5.